The normalized spacial score (nSPS) is 12.4. The van der Waals surface area contributed by atoms with Crippen LogP contribution < -0.4 is 5.32 Å². The van der Waals surface area contributed by atoms with Crippen LogP contribution in [0.15, 0.2) is 42.6 Å². The second-order valence-corrected chi connectivity index (χ2v) is 4.90. The van der Waals surface area contributed by atoms with Gasteiger partial charge < -0.3 is 10.4 Å². The first-order valence-electron chi connectivity index (χ1n) is 6.21. The van der Waals surface area contributed by atoms with Gasteiger partial charge in [-0.1, -0.05) is 35.9 Å². The number of hydrogen-bond acceptors (Lipinski definition) is 3. The molecule has 2 aromatic rings. The molecule has 0 aliphatic heterocycles. The van der Waals surface area contributed by atoms with Gasteiger partial charge in [0.15, 0.2) is 0 Å². The van der Waals surface area contributed by atoms with Crippen molar-refractivity contribution < 1.29 is 5.11 Å². The highest BCUT2D eigenvalue weighted by atomic mass is 35.5. The summed E-state index contributed by atoms with van der Waals surface area (Å²) in [5, 5.41) is 13.8. The molecule has 0 spiro atoms. The van der Waals surface area contributed by atoms with Crippen LogP contribution in [-0.4, -0.2) is 16.6 Å². The topological polar surface area (TPSA) is 45.1 Å². The largest absolute Gasteiger partial charge is 0.387 e. The molecule has 100 valence electrons. The molecule has 4 heteroatoms. The number of nitrogens with zero attached hydrogens (tertiary/aromatic N) is 1. The molecule has 1 aromatic carbocycles. The lowest BCUT2D eigenvalue weighted by Gasteiger charge is -2.13. The van der Waals surface area contributed by atoms with Crippen LogP contribution in [0.2, 0.25) is 5.02 Å². The van der Waals surface area contributed by atoms with Crippen molar-refractivity contribution in [2.75, 3.05) is 6.54 Å². The Kier molecular flexibility index (Phi) is 4.91. The molecule has 3 nitrogen and oxygen atoms in total. The molecule has 1 unspecified atom stereocenters. The summed E-state index contributed by atoms with van der Waals surface area (Å²) in [6.07, 6.45) is 1.22. The molecule has 2 N–H and O–H groups in total. The summed E-state index contributed by atoms with van der Waals surface area (Å²) in [7, 11) is 0. The van der Waals surface area contributed by atoms with Crippen molar-refractivity contribution in [1.29, 1.82) is 0 Å². The van der Waals surface area contributed by atoms with E-state index in [0.717, 1.165) is 16.8 Å². The second kappa shape index (κ2) is 6.66. The highest BCUT2D eigenvalue weighted by molar-refractivity contribution is 6.31. The van der Waals surface area contributed by atoms with Gasteiger partial charge in [-0.3, -0.25) is 4.98 Å². The molecular formula is C15H17ClN2O. The minimum absolute atomic E-state index is 0.444. The Balaban J connectivity index is 1.86. The van der Waals surface area contributed by atoms with E-state index in [2.05, 4.69) is 10.3 Å². The fourth-order valence-corrected chi connectivity index (χ4v) is 2.06. The summed E-state index contributed by atoms with van der Waals surface area (Å²) in [4.78, 5) is 4.30. The zero-order chi connectivity index (χ0) is 13.7. The number of rotatable bonds is 5. The average molecular weight is 277 g/mol. The SMILES string of the molecule is Cc1ccc(CNCC(O)c2ccccc2Cl)nc1. The van der Waals surface area contributed by atoms with Gasteiger partial charge in [-0.05, 0) is 24.6 Å². The van der Waals surface area contributed by atoms with Crippen LogP contribution in [0.3, 0.4) is 0 Å². The highest BCUT2D eigenvalue weighted by Gasteiger charge is 2.10. The molecule has 0 aliphatic rings. The Bertz CT molecular complexity index is 528. The summed E-state index contributed by atoms with van der Waals surface area (Å²) >= 11 is 6.03. The predicted molar refractivity (Wildman–Crippen MR) is 77.1 cm³/mol. The van der Waals surface area contributed by atoms with Gasteiger partial charge >= 0.3 is 0 Å². The van der Waals surface area contributed by atoms with Crippen LogP contribution in [0.5, 0.6) is 0 Å². The number of pyridine rings is 1. The van der Waals surface area contributed by atoms with Crippen molar-refractivity contribution in [2.24, 2.45) is 0 Å². The van der Waals surface area contributed by atoms with Crippen LogP contribution in [0, 0.1) is 6.92 Å². The molecule has 0 bridgehead atoms. The van der Waals surface area contributed by atoms with Crippen LogP contribution in [0.25, 0.3) is 0 Å². The summed E-state index contributed by atoms with van der Waals surface area (Å²) < 4.78 is 0. The number of aliphatic hydroxyl groups is 1. The lowest BCUT2D eigenvalue weighted by molar-refractivity contribution is 0.174. The number of benzene rings is 1. The van der Waals surface area contributed by atoms with E-state index in [9.17, 15) is 5.11 Å². The summed E-state index contributed by atoms with van der Waals surface area (Å²) in [6.45, 7) is 3.08. The van der Waals surface area contributed by atoms with Crippen molar-refractivity contribution >= 4 is 11.6 Å². The molecule has 19 heavy (non-hydrogen) atoms. The van der Waals surface area contributed by atoms with Gasteiger partial charge in [0.05, 0.1) is 11.8 Å². The van der Waals surface area contributed by atoms with Gasteiger partial charge in [0.2, 0.25) is 0 Å². The van der Waals surface area contributed by atoms with Gasteiger partial charge in [-0.2, -0.15) is 0 Å². The zero-order valence-corrected chi connectivity index (χ0v) is 11.6. The highest BCUT2D eigenvalue weighted by Crippen LogP contribution is 2.21. The van der Waals surface area contributed by atoms with E-state index in [-0.39, 0.29) is 0 Å². The smallest absolute Gasteiger partial charge is 0.0928 e. The van der Waals surface area contributed by atoms with Crippen molar-refractivity contribution in [3.8, 4) is 0 Å². The fourth-order valence-electron chi connectivity index (χ4n) is 1.80. The van der Waals surface area contributed by atoms with E-state index in [1.807, 2.05) is 43.5 Å². The first-order valence-corrected chi connectivity index (χ1v) is 6.59. The minimum Gasteiger partial charge on any atom is -0.387 e. The number of nitrogens with one attached hydrogen (secondary N) is 1. The van der Waals surface area contributed by atoms with Gasteiger partial charge in [0, 0.05) is 29.9 Å². The number of aliphatic hydroxyl groups excluding tert-OH is 1. The number of halogens is 1. The van der Waals surface area contributed by atoms with E-state index in [1.165, 1.54) is 0 Å². The van der Waals surface area contributed by atoms with Gasteiger partial charge in [0.1, 0.15) is 0 Å². The molecule has 1 atom stereocenters. The van der Waals surface area contributed by atoms with E-state index in [1.54, 1.807) is 6.07 Å². The van der Waals surface area contributed by atoms with Crippen LogP contribution in [0.4, 0.5) is 0 Å². The third kappa shape index (κ3) is 4.03. The third-order valence-electron chi connectivity index (χ3n) is 2.88. The maximum atomic E-state index is 10.1. The first kappa shape index (κ1) is 14.0. The van der Waals surface area contributed by atoms with Crippen LogP contribution >= 0.6 is 11.6 Å². The fraction of sp³-hybridized carbons (Fsp3) is 0.267. The third-order valence-corrected chi connectivity index (χ3v) is 3.22. The minimum atomic E-state index is -0.612. The molecule has 0 saturated carbocycles. The maximum Gasteiger partial charge on any atom is 0.0928 e. The molecular weight excluding hydrogens is 260 g/mol. The van der Waals surface area contributed by atoms with E-state index in [0.29, 0.717) is 18.1 Å². The number of aromatic nitrogens is 1. The van der Waals surface area contributed by atoms with Crippen molar-refractivity contribution in [3.63, 3.8) is 0 Å². The van der Waals surface area contributed by atoms with Crippen molar-refractivity contribution in [1.82, 2.24) is 10.3 Å². The Morgan fingerprint density at radius 3 is 2.74 bits per heavy atom. The molecule has 0 fully saturated rings. The average Bonchev–Trinajstić information content (AvgIpc) is 2.41. The number of aryl methyl sites for hydroxylation is 1. The quantitative estimate of drug-likeness (QED) is 0.883. The predicted octanol–water partition coefficient (Wildman–Crippen LogP) is 2.87. The Morgan fingerprint density at radius 1 is 1.26 bits per heavy atom. The second-order valence-electron chi connectivity index (χ2n) is 4.50. The lowest BCUT2D eigenvalue weighted by Crippen LogP contribution is -2.21. The van der Waals surface area contributed by atoms with Crippen LogP contribution in [0.1, 0.15) is 22.9 Å². The summed E-state index contributed by atoms with van der Waals surface area (Å²) in [5.41, 5.74) is 2.84. The van der Waals surface area contributed by atoms with E-state index in [4.69, 9.17) is 11.6 Å². The van der Waals surface area contributed by atoms with Crippen molar-refractivity contribution in [3.05, 3.63) is 64.4 Å². The molecule has 2 rings (SSSR count). The summed E-state index contributed by atoms with van der Waals surface area (Å²) in [5.74, 6) is 0. The molecule has 0 amide bonds. The van der Waals surface area contributed by atoms with Gasteiger partial charge in [-0.15, -0.1) is 0 Å². The maximum absolute atomic E-state index is 10.1. The lowest BCUT2D eigenvalue weighted by atomic mass is 10.1. The number of hydrogen-bond donors (Lipinski definition) is 2. The molecule has 0 aliphatic carbocycles. The van der Waals surface area contributed by atoms with Crippen molar-refractivity contribution in [2.45, 2.75) is 19.6 Å². The Morgan fingerprint density at radius 2 is 2.05 bits per heavy atom. The molecule has 1 aromatic heterocycles. The Hall–Kier alpha value is -1.42. The monoisotopic (exact) mass is 276 g/mol. The summed E-state index contributed by atoms with van der Waals surface area (Å²) in [6, 6.07) is 11.3. The zero-order valence-electron chi connectivity index (χ0n) is 10.8. The van der Waals surface area contributed by atoms with Crippen LogP contribution in [-0.2, 0) is 6.54 Å². The first-order chi connectivity index (χ1) is 9.16. The standard InChI is InChI=1S/C15H17ClN2O/c1-11-6-7-12(18-8-11)9-17-10-15(19)13-4-2-3-5-14(13)16/h2-8,15,17,19H,9-10H2,1H3. The van der Waals surface area contributed by atoms with E-state index < -0.39 is 6.10 Å². The van der Waals surface area contributed by atoms with Gasteiger partial charge in [0.25, 0.3) is 0 Å². The van der Waals surface area contributed by atoms with Gasteiger partial charge in [-0.25, -0.2) is 0 Å². The molecule has 1 heterocycles. The molecule has 0 saturated heterocycles. The van der Waals surface area contributed by atoms with E-state index >= 15 is 0 Å². The molecule has 0 radical (unpaired) electrons. The Labute approximate surface area is 118 Å².